The highest BCUT2D eigenvalue weighted by Crippen LogP contribution is 2.13. The first-order valence-electron chi connectivity index (χ1n) is 9.92. The van der Waals surface area contributed by atoms with E-state index < -0.39 is 0 Å². The molecule has 28 heavy (non-hydrogen) atoms. The second-order valence-corrected chi connectivity index (χ2v) is 9.03. The van der Waals surface area contributed by atoms with E-state index in [0.29, 0.717) is 23.7 Å². The summed E-state index contributed by atoms with van der Waals surface area (Å²) in [6.45, 7) is 19.1. The number of aromatic nitrogens is 3. The molecule has 0 saturated heterocycles. The van der Waals surface area contributed by atoms with Gasteiger partial charge in [-0.05, 0) is 50.0 Å². The van der Waals surface area contributed by atoms with Crippen molar-refractivity contribution in [3.8, 4) is 0 Å². The minimum Gasteiger partial charge on any atom is -0.354 e. The molecule has 7 nitrogen and oxygen atoms in total. The second kappa shape index (κ2) is 14.7. The maximum atomic E-state index is 11.7. The van der Waals surface area contributed by atoms with E-state index in [9.17, 15) is 4.79 Å². The number of carbonyl (C=O) groups excluding carboxylic acids is 1. The topological polar surface area (TPSA) is 83.0 Å². The number of thioether (sulfide) groups is 1. The Labute approximate surface area is 179 Å². The van der Waals surface area contributed by atoms with Crippen LogP contribution in [0.4, 0.5) is 16.7 Å². The number of anilines is 2. The van der Waals surface area contributed by atoms with E-state index in [1.54, 1.807) is 0 Å². The molecule has 0 aliphatic heterocycles. The molecular formula is C19H37ClN6OS. The molecule has 9 heteroatoms. The Balaban J connectivity index is 0.000000521. The first kappa shape index (κ1) is 26.7. The summed E-state index contributed by atoms with van der Waals surface area (Å²) in [5.41, 5.74) is 0. The molecule has 0 bridgehead atoms. The first-order chi connectivity index (χ1) is 13.1. The van der Waals surface area contributed by atoms with Gasteiger partial charge in [-0.3, -0.25) is 4.79 Å². The van der Waals surface area contributed by atoms with Gasteiger partial charge in [-0.2, -0.15) is 15.0 Å². The van der Waals surface area contributed by atoms with Crippen LogP contribution in [0, 0.1) is 11.8 Å². The van der Waals surface area contributed by atoms with Crippen LogP contribution in [0.15, 0.2) is 0 Å². The monoisotopic (exact) mass is 432 g/mol. The Morgan fingerprint density at radius 1 is 1.00 bits per heavy atom. The molecule has 1 aromatic heterocycles. The number of rotatable bonds is 9. The molecule has 0 saturated carbocycles. The molecule has 0 aromatic carbocycles. The summed E-state index contributed by atoms with van der Waals surface area (Å²) in [6.07, 6.45) is 0. The van der Waals surface area contributed by atoms with Crippen LogP contribution >= 0.6 is 23.4 Å². The zero-order valence-electron chi connectivity index (χ0n) is 18.5. The van der Waals surface area contributed by atoms with E-state index in [1.807, 2.05) is 32.6 Å². The van der Waals surface area contributed by atoms with Gasteiger partial charge in [0, 0.05) is 25.7 Å². The molecule has 0 fully saturated rings. The molecule has 0 aliphatic carbocycles. The minimum atomic E-state index is 0.194. The van der Waals surface area contributed by atoms with Crippen molar-refractivity contribution in [1.29, 1.82) is 0 Å². The van der Waals surface area contributed by atoms with Gasteiger partial charge in [-0.25, -0.2) is 0 Å². The van der Waals surface area contributed by atoms with Crippen molar-refractivity contribution < 1.29 is 4.79 Å². The van der Waals surface area contributed by atoms with Gasteiger partial charge in [0.05, 0.1) is 0 Å². The number of amides is 1. The normalized spacial score (nSPS) is 10.7. The van der Waals surface area contributed by atoms with Crippen molar-refractivity contribution in [3.05, 3.63) is 5.28 Å². The Morgan fingerprint density at radius 2 is 1.54 bits per heavy atom. The Hall–Kier alpha value is -1.28. The molecule has 0 unspecified atom stereocenters. The highest BCUT2D eigenvalue weighted by molar-refractivity contribution is 8.13. The van der Waals surface area contributed by atoms with Crippen molar-refractivity contribution in [3.63, 3.8) is 0 Å². The summed E-state index contributed by atoms with van der Waals surface area (Å²) in [7, 11) is 0. The predicted molar refractivity (Wildman–Crippen MR) is 123 cm³/mol. The van der Waals surface area contributed by atoms with Gasteiger partial charge < -0.3 is 15.5 Å². The van der Waals surface area contributed by atoms with Crippen molar-refractivity contribution in [1.82, 2.24) is 19.9 Å². The summed E-state index contributed by atoms with van der Waals surface area (Å²) in [6, 6.07) is 0.267. The van der Waals surface area contributed by atoms with Gasteiger partial charge in [0.1, 0.15) is 0 Å². The predicted octanol–water partition coefficient (Wildman–Crippen LogP) is 5.25. The molecule has 162 valence electrons. The number of hydrogen-bond donors (Lipinski definition) is 2. The number of nitrogens with zero attached hydrogens (tertiary/aromatic N) is 4. The SMILES string of the molecule is CCNc1nc(Cl)nc(NC(C)C)n1.CCSC(=O)N(CC(C)C)CC(C)C. The van der Waals surface area contributed by atoms with Crippen LogP contribution in [-0.4, -0.2) is 56.5 Å². The Kier molecular flexibility index (Phi) is 14.0. The van der Waals surface area contributed by atoms with Crippen LogP contribution in [-0.2, 0) is 0 Å². The lowest BCUT2D eigenvalue weighted by molar-refractivity contribution is 0.208. The lowest BCUT2D eigenvalue weighted by Crippen LogP contribution is -2.34. The molecule has 0 spiro atoms. The van der Waals surface area contributed by atoms with E-state index in [2.05, 4.69) is 53.3 Å². The molecule has 0 atom stereocenters. The zero-order chi connectivity index (χ0) is 21.7. The number of hydrogen-bond acceptors (Lipinski definition) is 7. The minimum absolute atomic E-state index is 0.194. The van der Waals surface area contributed by atoms with Crippen LogP contribution in [0.5, 0.6) is 0 Å². The van der Waals surface area contributed by atoms with Gasteiger partial charge in [-0.1, -0.05) is 46.4 Å². The summed E-state index contributed by atoms with van der Waals surface area (Å²) in [5.74, 6) is 2.96. The van der Waals surface area contributed by atoms with E-state index in [4.69, 9.17) is 11.6 Å². The molecule has 2 N–H and O–H groups in total. The average molecular weight is 433 g/mol. The van der Waals surface area contributed by atoms with E-state index in [0.717, 1.165) is 25.4 Å². The number of halogens is 1. The van der Waals surface area contributed by atoms with Gasteiger partial charge in [0.15, 0.2) is 0 Å². The summed E-state index contributed by atoms with van der Waals surface area (Å²) in [5, 5.41) is 6.46. The molecule has 1 aromatic rings. The third-order valence-corrected chi connectivity index (χ3v) is 4.02. The average Bonchev–Trinajstić information content (AvgIpc) is 2.53. The van der Waals surface area contributed by atoms with Crippen molar-refractivity contribution in [2.24, 2.45) is 11.8 Å². The standard InChI is InChI=1S/C11H23NOS.C8H14ClN5/c1-6-14-11(13)12(7-9(2)3)8-10(4)5;1-4-10-7-12-6(9)13-8(14-7)11-5(2)3/h9-10H,6-8H2,1-5H3;5H,4H2,1-3H3,(H2,10,11,12,13,14). The molecule has 0 aliphatic rings. The van der Waals surface area contributed by atoms with Crippen molar-refractivity contribution in [2.75, 3.05) is 36.0 Å². The van der Waals surface area contributed by atoms with Gasteiger partial charge in [-0.15, -0.1) is 0 Å². The molecule has 0 radical (unpaired) electrons. The fourth-order valence-corrected chi connectivity index (χ4v) is 2.97. The lowest BCUT2D eigenvalue weighted by Gasteiger charge is -2.25. The fourth-order valence-electron chi connectivity index (χ4n) is 2.23. The van der Waals surface area contributed by atoms with E-state index in [1.165, 1.54) is 11.8 Å². The largest absolute Gasteiger partial charge is 0.354 e. The number of carbonyl (C=O) groups is 1. The van der Waals surface area contributed by atoms with Crippen LogP contribution in [0.2, 0.25) is 5.28 Å². The summed E-state index contributed by atoms with van der Waals surface area (Å²) >= 11 is 7.14. The maximum Gasteiger partial charge on any atom is 0.281 e. The molecule has 1 heterocycles. The molecule has 1 amide bonds. The Bertz CT molecular complexity index is 561. The smallest absolute Gasteiger partial charge is 0.281 e. The molecular weight excluding hydrogens is 396 g/mol. The van der Waals surface area contributed by atoms with Crippen LogP contribution < -0.4 is 10.6 Å². The highest BCUT2D eigenvalue weighted by Gasteiger charge is 2.15. The third kappa shape index (κ3) is 13.0. The van der Waals surface area contributed by atoms with Gasteiger partial charge in [0.25, 0.3) is 5.24 Å². The van der Waals surface area contributed by atoms with Crippen molar-refractivity contribution in [2.45, 2.75) is 61.4 Å². The van der Waals surface area contributed by atoms with Gasteiger partial charge >= 0.3 is 0 Å². The second-order valence-electron chi connectivity index (χ2n) is 7.47. The quantitative estimate of drug-likeness (QED) is 0.551. The van der Waals surface area contributed by atoms with Crippen LogP contribution in [0.1, 0.15) is 55.4 Å². The summed E-state index contributed by atoms with van der Waals surface area (Å²) in [4.78, 5) is 25.7. The number of nitrogens with one attached hydrogen (secondary N) is 2. The lowest BCUT2D eigenvalue weighted by atomic mass is 10.1. The van der Waals surface area contributed by atoms with Gasteiger partial charge in [0.2, 0.25) is 17.2 Å². The highest BCUT2D eigenvalue weighted by atomic mass is 35.5. The summed E-state index contributed by atoms with van der Waals surface area (Å²) < 4.78 is 0. The maximum absolute atomic E-state index is 11.7. The molecule has 1 rings (SSSR count). The third-order valence-electron chi connectivity index (χ3n) is 3.06. The van der Waals surface area contributed by atoms with Crippen LogP contribution in [0.25, 0.3) is 0 Å². The van der Waals surface area contributed by atoms with E-state index in [-0.39, 0.29) is 16.6 Å². The first-order valence-corrected chi connectivity index (χ1v) is 11.3. The van der Waals surface area contributed by atoms with E-state index >= 15 is 0 Å². The Morgan fingerprint density at radius 3 is 1.96 bits per heavy atom. The van der Waals surface area contributed by atoms with Crippen molar-refractivity contribution >= 4 is 40.5 Å². The van der Waals surface area contributed by atoms with Crippen LogP contribution in [0.3, 0.4) is 0 Å². The fraction of sp³-hybridized carbons (Fsp3) is 0.789. The zero-order valence-corrected chi connectivity index (χ0v) is 20.1.